The van der Waals surface area contributed by atoms with Crippen molar-refractivity contribution in [2.45, 2.75) is 46.6 Å². The molecule has 0 radical (unpaired) electrons. The highest BCUT2D eigenvalue weighted by atomic mass is 15.2. The predicted octanol–water partition coefficient (Wildman–Crippen LogP) is 2.35. The van der Waals surface area contributed by atoms with Gasteiger partial charge in [0.15, 0.2) is 0 Å². The average Bonchev–Trinajstić information content (AvgIpc) is 2.17. The molecule has 2 atom stereocenters. The highest BCUT2D eigenvalue weighted by Crippen LogP contribution is 2.16. The summed E-state index contributed by atoms with van der Waals surface area (Å²) in [5, 5.41) is 3.60. The summed E-state index contributed by atoms with van der Waals surface area (Å²) in [4.78, 5) is 2.64. The zero-order valence-corrected chi connectivity index (χ0v) is 10.9. The Morgan fingerprint density at radius 3 is 2.67 bits per heavy atom. The molecule has 1 heterocycles. The molecule has 0 aromatic heterocycles. The van der Waals surface area contributed by atoms with Crippen molar-refractivity contribution in [3.63, 3.8) is 0 Å². The molecule has 0 aromatic rings. The van der Waals surface area contributed by atoms with Gasteiger partial charge in [-0.25, -0.2) is 0 Å². The van der Waals surface area contributed by atoms with Gasteiger partial charge >= 0.3 is 0 Å². The van der Waals surface area contributed by atoms with Crippen LogP contribution in [0.3, 0.4) is 0 Å². The van der Waals surface area contributed by atoms with Crippen LogP contribution in [-0.4, -0.2) is 37.1 Å². The SMILES string of the molecule is CCNC(CN1CCCC(C)C1)C(C)C. The summed E-state index contributed by atoms with van der Waals surface area (Å²) in [5.74, 6) is 1.63. The summed E-state index contributed by atoms with van der Waals surface area (Å²) in [6, 6.07) is 0.667. The molecule has 2 heteroatoms. The molecule has 1 fully saturated rings. The van der Waals surface area contributed by atoms with Crippen LogP contribution in [-0.2, 0) is 0 Å². The van der Waals surface area contributed by atoms with E-state index < -0.39 is 0 Å². The summed E-state index contributed by atoms with van der Waals surface area (Å²) in [5.41, 5.74) is 0. The van der Waals surface area contributed by atoms with E-state index in [1.54, 1.807) is 0 Å². The summed E-state index contributed by atoms with van der Waals surface area (Å²) in [7, 11) is 0. The van der Waals surface area contributed by atoms with E-state index in [1.807, 2.05) is 0 Å². The Hall–Kier alpha value is -0.0800. The largest absolute Gasteiger partial charge is 0.313 e. The number of likely N-dealkylation sites (N-methyl/N-ethyl adjacent to an activating group) is 1. The molecule has 0 amide bonds. The third-order valence-corrected chi connectivity index (χ3v) is 3.47. The Balaban J connectivity index is 2.35. The molecule has 0 aliphatic carbocycles. The Morgan fingerprint density at radius 2 is 2.13 bits per heavy atom. The number of hydrogen-bond donors (Lipinski definition) is 1. The summed E-state index contributed by atoms with van der Waals surface area (Å²) in [6.07, 6.45) is 2.81. The number of rotatable bonds is 5. The molecule has 1 saturated heterocycles. The van der Waals surface area contributed by atoms with Crippen molar-refractivity contribution >= 4 is 0 Å². The molecule has 15 heavy (non-hydrogen) atoms. The lowest BCUT2D eigenvalue weighted by molar-refractivity contribution is 0.155. The Labute approximate surface area is 95.4 Å². The number of nitrogens with one attached hydrogen (secondary N) is 1. The van der Waals surface area contributed by atoms with E-state index >= 15 is 0 Å². The molecule has 1 rings (SSSR count). The molecule has 0 aromatic carbocycles. The zero-order chi connectivity index (χ0) is 11.3. The second-order valence-corrected chi connectivity index (χ2v) is 5.42. The van der Waals surface area contributed by atoms with Crippen LogP contribution in [0.1, 0.15) is 40.5 Å². The fourth-order valence-corrected chi connectivity index (χ4v) is 2.50. The molecule has 0 saturated carbocycles. The van der Waals surface area contributed by atoms with Gasteiger partial charge < -0.3 is 10.2 Å². The van der Waals surface area contributed by atoms with E-state index in [2.05, 4.69) is 37.9 Å². The van der Waals surface area contributed by atoms with Gasteiger partial charge in [-0.3, -0.25) is 0 Å². The Morgan fingerprint density at radius 1 is 1.40 bits per heavy atom. The van der Waals surface area contributed by atoms with E-state index in [1.165, 1.54) is 32.5 Å². The van der Waals surface area contributed by atoms with E-state index in [0.29, 0.717) is 6.04 Å². The minimum absolute atomic E-state index is 0.667. The standard InChI is InChI=1S/C13H28N2/c1-5-14-13(11(2)3)10-15-8-6-7-12(4)9-15/h11-14H,5-10H2,1-4H3. The fourth-order valence-electron chi connectivity index (χ4n) is 2.50. The first kappa shape index (κ1) is 13.0. The van der Waals surface area contributed by atoms with Crippen LogP contribution < -0.4 is 5.32 Å². The van der Waals surface area contributed by atoms with Crippen molar-refractivity contribution in [3.8, 4) is 0 Å². The first-order valence-corrected chi connectivity index (χ1v) is 6.59. The van der Waals surface area contributed by atoms with Crippen molar-refractivity contribution in [2.75, 3.05) is 26.2 Å². The first-order valence-electron chi connectivity index (χ1n) is 6.59. The molecule has 2 nitrogen and oxygen atoms in total. The van der Waals surface area contributed by atoms with Gasteiger partial charge in [0.2, 0.25) is 0 Å². The normalized spacial score (nSPS) is 25.8. The molecular weight excluding hydrogens is 184 g/mol. The lowest BCUT2D eigenvalue weighted by Gasteiger charge is -2.35. The van der Waals surface area contributed by atoms with Gasteiger partial charge in [-0.1, -0.05) is 27.7 Å². The van der Waals surface area contributed by atoms with Crippen LogP contribution >= 0.6 is 0 Å². The maximum Gasteiger partial charge on any atom is 0.0217 e. The Bertz CT molecular complexity index is 168. The molecule has 1 aliphatic rings. The van der Waals surface area contributed by atoms with E-state index in [4.69, 9.17) is 0 Å². The van der Waals surface area contributed by atoms with Gasteiger partial charge in [-0.15, -0.1) is 0 Å². The Kier molecular flexibility index (Phi) is 5.62. The molecule has 0 spiro atoms. The minimum atomic E-state index is 0.667. The molecule has 2 unspecified atom stereocenters. The van der Waals surface area contributed by atoms with Gasteiger partial charge in [0.1, 0.15) is 0 Å². The van der Waals surface area contributed by atoms with Crippen LogP contribution in [0, 0.1) is 11.8 Å². The molecule has 1 N–H and O–H groups in total. The van der Waals surface area contributed by atoms with Crippen LogP contribution in [0.25, 0.3) is 0 Å². The van der Waals surface area contributed by atoms with Crippen molar-refractivity contribution in [1.29, 1.82) is 0 Å². The summed E-state index contributed by atoms with van der Waals surface area (Å²) < 4.78 is 0. The van der Waals surface area contributed by atoms with E-state index in [9.17, 15) is 0 Å². The van der Waals surface area contributed by atoms with Crippen LogP contribution in [0.2, 0.25) is 0 Å². The van der Waals surface area contributed by atoms with Gasteiger partial charge in [-0.05, 0) is 37.8 Å². The monoisotopic (exact) mass is 212 g/mol. The van der Waals surface area contributed by atoms with Crippen LogP contribution in [0.4, 0.5) is 0 Å². The molecule has 90 valence electrons. The second kappa shape index (κ2) is 6.49. The number of nitrogens with zero attached hydrogens (tertiary/aromatic N) is 1. The average molecular weight is 212 g/mol. The van der Waals surface area contributed by atoms with Gasteiger partial charge in [0.25, 0.3) is 0 Å². The minimum Gasteiger partial charge on any atom is -0.313 e. The van der Waals surface area contributed by atoms with Crippen molar-refractivity contribution in [1.82, 2.24) is 10.2 Å². The summed E-state index contributed by atoms with van der Waals surface area (Å²) in [6.45, 7) is 14.1. The molecular formula is C13H28N2. The first-order chi connectivity index (χ1) is 7.13. The molecule has 0 bridgehead atoms. The zero-order valence-electron chi connectivity index (χ0n) is 10.9. The number of hydrogen-bond acceptors (Lipinski definition) is 2. The molecule has 1 aliphatic heterocycles. The van der Waals surface area contributed by atoms with Crippen LogP contribution in [0.15, 0.2) is 0 Å². The van der Waals surface area contributed by atoms with Gasteiger partial charge in [0, 0.05) is 19.1 Å². The van der Waals surface area contributed by atoms with Crippen molar-refractivity contribution in [3.05, 3.63) is 0 Å². The third kappa shape index (κ3) is 4.52. The van der Waals surface area contributed by atoms with Gasteiger partial charge in [0.05, 0.1) is 0 Å². The lowest BCUT2D eigenvalue weighted by Crippen LogP contribution is -2.47. The predicted molar refractivity (Wildman–Crippen MR) is 67.1 cm³/mol. The number of likely N-dealkylation sites (tertiary alicyclic amines) is 1. The highest BCUT2D eigenvalue weighted by molar-refractivity contribution is 4.78. The van der Waals surface area contributed by atoms with Crippen LogP contribution in [0.5, 0.6) is 0 Å². The summed E-state index contributed by atoms with van der Waals surface area (Å²) >= 11 is 0. The lowest BCUT2D eigenvalue weighted by atomic mass is 9.98. The quantitative estimate of drug-likeness (QED) is 0.752. The van der Waals surface area contributed by atoms with E-state index in [0.717, 1.165) is 18.4 Å². The fraction of sp³-hybridized carbons (Fsp3) is 1.00. The van der Waals surface area contributed by atoms with Crippen molar-refractivity contribution in [2.24, 2.45) is 11.8 Å². The topological polar surface area (TPSA) is 15.3 Å². The highest BCUT2D eigenvalue weighted by Gasteiger charge is 2.20. The third-order valence-electron chi connectivity index (χ3n) is 3.47. The second-order valence-electron chi connectivity index (χ2n) is 5.42. The van der Waals surface area contributed by atoms with Gasteiger partial charge in [-0.2, -0.15) is 0 Å². The maximum absolute atomic E-state index is 3.60. The van der Waals surface area contributed by atoms with E-state index in [-0.39, 0.29) is 0 Å². The number of piperidine rings is 1. The maximum atomic E-state index is 3.60. The van der Waals surface area contributed by atoms with Crippen molar-refractivity contribution < 1.29 is 0 Å². The smallest absolute Gasteiger partial charge is 0.0217 e.